The second-order valence-electron chi connectivity index (χ2n) is 7.20. The van der Waals surface area contributed by atoms with Crippen LogP contribution in [-0.4, -0.2) is 26.7 Å². The molecular weight excluding hydrogens is 400 g/mol. The first kappa shape index (κ1) is 22.1. The predicted molar refractivity (Wildman–Crippen MR) is 119 cm³/mol. The largest absolute Gasteiger partial charge is 0.495 e. The maximum atomic E-state index is 13.3. The van der Waals surface area contributed by atoms with Crippen LogP contribution in [0.1, 0.15) is 37.0 Å². The molecule has 0 saturated heterocycles. The molecule has 3 aromatic rings. The van der Waals surface area contributed by atoms with E-state index in [-0.39, 0.29) is 23.1 Å². The molecule has 164 valence electrons. The number of fused-ring (bicyclic) bond motifs is 1. The van der Waals surface area contributed by atoms with Gasteiger partial charge in [0.15, 0.2) is 0 Å². The number of ether oxygens (including phenoxy) is 1. The van der Waals surface area contributed by atoms with Crippen LogP contribution in [0.25, 0.3) is 11.0 Å². The molecule has 0 aliphatic carbocycles. The SMILES string of the molecule is CCCn1c(=O)c2c(C(=O)Nc3ccccc3OC)cc(=O)n(CCC)c2n(C)c1=O. The molecule has 0 bridgehead atoms. The summed E-state index contributed by atoms with van der Waals surface area (Å²) in [5.41, 5.74) is -1.10. The van der Waals surface area contributed by atoms with Gasteiger partial charge in [0.1, 0.15) is 11.4 Å². The topological polar surface area (TPSA) is 104 Å². The Morgan fingerprint density at radius 1 is 1.03 bits per heavy atom. The summed E-state index contributed by atoms with van der Waals surface area (Å²) in [6, 6.07) is 7.99. The zero-order valence-corrected chi connectivity index (χ0v) is 18.1. The van der Waals surface area contributed by atoms with Crippen LogP contribution in [0.2, 0.25) is 0 Å². The molecule has 31 heavy (non-hydrogen) atoms. The third-order valence-corrected chi connectivity index (χ3v) is 5.07. The van der Waals surface area contributed by atoms with E-state index in [0.717, 1.165) is 10.6 Å². The molecular formula is C22H26N4O5. The summed E-state index contributed by atoms with van der Waals surface area (Å²) < 4.78 is 9.00. The predicted octanol–water partition coefficient (Wildman–Crippen LogP) is 1.94. The second kappa shape index (κ2) is 9.03. The number of aryl methyl sites for hydroxylation is 2. The highest BCUT2D eigenvalue weighted by Crippen LogP contribution is 2.24. The van der Waals surface area contributed by atoms with Crippen molar-refractivity contribution in [1.82, 2.24) is 13.7 Å². The third-order valence-electron chi connectivity index (χ3n) is 5.07. The van der Waals surface area contributed by atoms with Crippen LogP contribution in [0, 0.1) is 0 Å². The summed E-state index contributed by atoms with van der Waals surface area (Å²) in [7, 11) is 2.98. The highest BCUT2D eigenvalue weighted by molar-refractivity contribution is 6.12. The maximum Gasteiger partial charge on any atom is 0.332 e. The average Bonchev–Trinajstić information content (AvgIpc) is 2.76. The fourth-order valence-electron chi connectivity index (χ4n) is 3.66. The number of amides is 1. The number of para-hydroxylation sites is 2. The van der Waals surface area contributed by atoms with E-state index in [2.05, 4.69) is 5.32 Å². The van der Waals surface area contributed by atoms with Gasteiger partial charge in [-0.05, 0) is 25.0 Å². The molecule has 1 amide bonds. The smallest absolute Gasteiger partial charge is 0.332 e. The number of nitrogens with one attached hydrogen (secondary N) is 1. The van der Waals surface area contributed by atoms with Crippen LogP contribution >= 0.6 is 0 Å². The van der Waals surface area contributed by atoms with E-state index in [1.807, 2.05) is 13.8 Å². The van der Waals surface area contributed by atoms with Crippen LogP contribution in [0.15, 0.2) is 44.7 Å². The molecule has 0 fully saturated rings. The van der Waals surface area contributed by atoms with Gasteiger partial charge in [-0.25, -0.2) is 4.79 Å². The number of benzene rings is 1. The number of hydrogen-bond acceptors (Lipinski definition) is 5. The lowest BCUT2D eigenvalue weighted by atomic mass is 10.1. The Hall–Kier alpha value is -3.62. The van der Waals surface area contributed by atoms with Crippen molar-refractivity contribution in [3.05, 3.63) is 67.1 Å². The van der Waals surface area contributed by atoms with Crippen LogP contribution in [-0.2, 0) is 20.1 Å². The molecule has 0 radical (unpaired) electrons. The lowest BCUT2D eigenvalue weighted by molar-refractivity contribution is 0.102. The Labute approximate surface area is 178 Å². The van der Waals surface area contributed by atoms with Crippen LogP contribution in [0.5, 0.6) is 5.75 Å². The minimum atomic E-state index is -0.631. The van der Waals surface area contributed by atoms with Gasteiger partial charge in [0.05, 0.1) is 23.7 Å². The van der Waals surface area contributed by atoms with E-state index in [1.54, 1.807) is 24.3 Å². The van der Waals surface area contributed by atoms with Crippen molar-refractivity contribution in [1.29, 1.82) is 0 Å². The van der Waals surface area contributed by atoms with E-state index in [1.165, 1.54) is 23.3 Å². The molecule has 0 spiro atoms. The van der Waals surface area contributed by atoms with Crippen molar-refractivity contribution >= 4 is 22.6 Å². The van der Waals surface area contributed by atoms with Gasteiger partial charge in [-0.2, -0.15) is 0 Å². The Bertz CT molecular complexity index is 1320. The summed E-state index contributed by atoms with van der Waals surface area (Å²) in [4.78, 5) is 52.1. The molecule has 9 heteroatoms. The van der Waals surface area contributed by atoms with E-state index >= 15 is 0 Å². The summed E-state index contributed by atoms with van der Waals surface area (Å²) in [6.45, 7) is 4.26. The monoisotopic (exact) mass is 426 g/mol. The van der Waals surface area contributed by atoms with E-state index < -0.39 is 22.7 Å². The highest BCUT2D eigenvalue weighted by Gasteiger charge is 2.23. The number of anilines is 1. The molecule has 3 rings (SSSR count). The van der Waals surface area contributed by atoms with Gasteiger partial charge in [-0.1, -0.05) is 26.0 Å². The van der Waals surface area contributed by atoms with Gasteiger partial charge >= 0.3 is 5.69 Å². The van der Waals surface area contributed by atoms with Gasteiger partial charge in [-0.15, -0.1) is 0 Å². The van der Waals surface area contributed by atoms with Gasteiger partial charge < -0.3 is 10.1 Å². The summed E-state index contributed by atoms with van der Waals surface area (Å²) >= 11 is 0. The van der Waals surface area contributed by atoms with Crippen LogP contribution < -0.4 is 26.9 Å². The van der Waals surface area contributed by atoms with Gasteiger partial charge in [-0.3, -0.25) is 28.1 Å². The van der Waals surface area contributed by atoms with Crippen molar-refractivity contribution in [3.63, 3.8) is 0 Å². The minimum Gasteiger partial charge on any atom is -0.495 e. The molecule has 0 unspecified atom stereocenters. The normalized spacial score (nSPS) is 11.0. The molecule has 0 aliphatic rings. The molecule has 2 aromatic heterocycles. The number of nitrogens with zero attached hydrogens (tertiary/aromatic N) is 3. The second-order valence-corrected chi connectivity index (χ2v) is 7.20. The lowest BCUT2D eigenvalue weighted by Gasteiger charge is -2.17. The number of rotatable bonds is 7. The summed E-state index contributed by atoms with van der Waals surface area (Å²) in [5, 5.41) is 2.75. The van der Waals surface area contributed by atoms with Crippen molar-refractivity contribution in [2.45, 2.75) is 39.8 Å². The Morgan fingerprint density at radius 2 is 1.68 bits per heavy atom. The molecule has 1 aromatic carbocycles. The molecule has 0 saturated carbocycles. The lowest BCUT2D eigenvalue weighted by Crippen LogP contribution is -2.42. The fraction of sp³-hybridized carbons (Fsp3) is 0.364. The first-order valence-corrected chi connectivity index (χ1v) is 10.2. The zero-order chi connectivity index (χ0) is 22.7. The number of methoxy groups -OCH3 is 1. The van der Waals surface area contributed by atoms with E-state index in [0.29, 0.717) is 30.8 Å². The third kappa shape index (κ3) is 3.90. The van der Waals surface area contributed by atoms with Crippen molar-refractivity contribution in [2.75, 3.05) is 12.4 Å². The summed E-state index contributed by atoms with van der Waals surface area (Å²) in [5.74, 6) is -0.190. The number of pyridine rings is 1. The summed E-state index contributed by atoms with van der Waals surface area (Å²) in [6.07, 6.45) is 1.19. The quantitative estimate of drug-likeness (QED) is 0.622. The molecule has 2 heterocycles. The van der Waals surface area contributed by atoms with E-state index in [9.17, 15) is 19.2 Å². The zero-order valence-electron chi connectivity index (χ0n) is 18.1. The Balaban J connectivity index is 2.35. The van der Waals surface area contributed by atoms with E-state index in [4.69, 9.17) is 4.74 Å². The van der Waals surface area contributed by atoms with Gasteiger partial charge in [0.2, 0.25) is 0 Å². The molecule has 9 nitrogen and oxygen atoms in total. The Morgan fingerprint density at radius 3 is 2.32 bits per heavy atom. The van der Waals surface area contributed by atoms with Crippen molar-refractivity contribution < 1.29 is 9.53 Å². The standard InChI is InChI=1S/C22H26N4O5/c1-5-11-25-17(27)13-14(19(28)23-15-9-7-8-10-16(15)31-4)18-20(25)24(3)22(30)26(12-6-2)21(18)29/h7-10,13H,5-6,11-12H2,1-4H3,(H,23,28). The van der Waals surface area contributed by atoms with Gasteiger partial charge in [0.25, 0.3) is 17.0 Å². The van der Waals surface area contributed by atoms with Crippen LogP contribution in [0.4, 0.5) is 5.69 Å². The van der Waals surface area contributed by atoms with Crippen LogP contribution in [0.3, 0.4) is 0 Å². The van der Waals surface area contributed by atoms with Crippen molar-refractivity contribution in [2.24, 2.45) is 7.05 Å². The fourth-order valence-corrected chi connectivity index (χ4v) is 3.66. The number of hydrogen-bond donors (Lipinski definition) is 1. The average molecular weight is 426 g/mol. The number of carbonyl (C=O) groups excluding carboxylic acids is 1. The highest BCUT2D eigenvalue weighted by atomic mass is 16.5. The number of carbonyl (C=O) groups is 1. The number of aromatic nitrogens is 3. The van der Waals surface area contributed by atoms with Crippen molar-refractivity contribution in [3.8, 4) is 5.75 Å². The van der Waals surface area contributed by atoms with Gasteiger partial charge in [0, 0.05) is 26.2 Å². The first-order valence-electron chi connectivity index (χ1n) is 10.2. The minimum absolute atomic E-state index is 0.0380. The Kier molecular flexibility index (Phi) is 6.43. The maximum absolute atomic E-state index is 13.3. The molecule has 0 aliphatic heterocycles. The molecule has 1 N–H and O–H groups in total. The molecule has 0 atom stereocenters. The first-order chi connectivity index (χ1) is 14.8.